The maximum atomic E-state index is 13.1. The third kappa shape index (κ3) is 3.73. The zero-order valence-corrected chi connectivity index (χ0v) is 18.5. The van der Waals surface area contributed by atoms with Gasteiger partial charge in [-0.2, -0.15) is 4.98 Å². The van der Waals surface area contributed by atoms with Crippen molar-refractivity contribution in [3.05, 3.63) is 40.4 Å². The lowest BCUT2D eigenvalue weighted by atomic mass is 10.1. The van der Waals surface area contributed by atoms with E-state index < -0.39 is 6.67 Å². The predicted molar refractivity (Wildman–Crippen MR) is 123 cm³/mol. The SMILES string of the molecule is Cc1ccc2c(N)c(C(=O)N[C@H]3COc4nc(N5C[C@H](CF)[C@H](N)C5)ccc4C3)sc2n1. The van der Waals surface area contributed by atoms with Crippen LogP contribution in [0.1, 0.15) is 20.9 Å². The van der Waals surface area contributed by atoms with Gasteiger partial charge in [-0.3, -0.25) is 9.18 Å². The minimum absolute atomic E-state index is 0.172. The Morgan fingerprint density at radius 1 is 1.31 bits per heavy atom. The molecule has 3 aromatic rings. The molecule has 0 saturated carbocycles. The molecule has 5 N–H and O–H groups in total. The van der Waals surface area contributed by atoms with Crippen LogP contribution in [0.3, 0.4) is 0 Å². The molecular weight excluding hydrogens is 431 g/mol. The fraction of sp³-hybridized carbons (Fsp3) is 0.409. The van der Waals surface area contributed by atoms with Crippen LogP contribution in [0.25, 0.3) is 10.2 Å². The minimum Gasteiger partial charge on any atom is -0.475 e. The van der Waals surface area contributed by atoms with Gasteiger partial charge in [0, 0.05) is 48.1 Å². The van der Waals surface area contributed by atoms with E-state index in [1.54, 1.807) is 0 Å². The molecule has 0 aromatic carbocycles. The highest BCUT2D eigenvalue weighted by atomic mass is 32.1. The summed E-state index contributed by atoms with van der Waals surface area (Å²) in [4.78, 5) is 25.2. The molecule has 3 aromatic heterocycles. The molecule has 1 amide bonds. The van der Waals surface area contributed by atoms with Gasteiger partial charge in [0.15, 0.2) is 0 Å². The first-order chi connectivity index (χ1) is 15.4. The fourth-order valence-electron chi connectivity index (χ4n) is 4.27. The van der Waals surface area contributed by atoms with E-state index in [4.69, 9.17) is 16.2 Å². The van der Waals surface area contributed by atoms with Crippen molar-refractivity contribution in [3.8, 4) is 5.88 Å². The average molecular weight is 457 g/mol. The highest BCUT2D eigenvalue weighted by molar-refractivity contribution is 7.21. The Balaban J connectivity index is 1.28. The smallest absolute Gasteiger partial charge is 0.263 e. The molecule has 32 heavy (non-hydrogen) atoms. The molecule has 1 fully saturated rings. The van der Waals surface area contributed by atoms with E-state index in [-0.39, 0.29) is 23.9 Å². The number of rotatable bonds is 4. The van der Waals surface area contributed by atoms with Crippen LogP contribution in [0.4, 0.5) is 15.9 Å². The number of hydrogen-bond acceptors (Lipinski definition) is 8. The second-order valence-corrected chi connectivity index (χ2v) is 9.45. The fourth-order valence-corrected chi connectivity index (χ4v) is 5.31. The van der Waals surface area contributed by atoms with Gasteiger partial charge in [-0.25, -0.2) is 4.98 Å². The quantitative estimate of drug-likeness (QED) is 0.550. The van der Waals surface area contributed by atoms with Crippen LogP contribution in [0.15, 0.2) is 24.3 Å². The number of nitrogens with two attached hydrogens (primary N) is 2. The summed E-state index contributed by atoms with van der Waals surface area (Å²) in [5.74, 6) is 0.881. The number of halogens is 1. The lowest BCUT2D eigenvalue weighted by Gasteiger charge is -2.27. The first-order valence-electron chi connectivity index (χ1n) is 10.6. The number of alkyl halides is 1. The Labute approximate surface area is 188 Å². The summed E-state index contributed by atoms with van der Waals surface area (Å²) in [6.45, 7) is 2.91. The number of aryl methyl sites for hydroxylation is 1. The summed E-state index contributed by atoms with van der Waals surface area (Å²) in [6.07, 6.45) is 0.600. The number of nitrogens with zero attached hydrogens (tertiary/aromatic N) is 3. The van der Waals surface area contributed by atoms with Crippen molar-refractivity contribution < 1.29 is 13.9 Å². The van der Waals surface area contributed by atoms with Gasteiger partial charge in [0.05, 0.1) is 18.4 Å². The van der Waals surface area contributed by atoms with Crippen LogP contribution >= 0.6 is 11.3 Å². The van der Waals surface area contributed by atoms with Crippen molar-refractivity contribution in [1.29, 1.82) is 0 Å². The Hall–Kier alpha value is -2.98. The van der Waals surface area contributed by atoms with Crippen LogP contribution in [-0.4, -0.2) is 54.3 Å². The van der Waals surface area contributed by atoms with Crippen molar-refractivity contribution in [3.63, 3.8) is 0 Å². The Morgan fingerprint density at radius 2 is 2.16 bits per heavy atom. The van der Waals surface area contributed by atoms with Gasteiger partial charge in [0.1, 0.15) is 22.1 Å². The monoisotopic (exact) mass is 456 g/mol. The summed E-state index contributed by atoms with van der Waals surface area (Å²) < 4.78 is 18.9. The molecule has 2 aliphatic heterocycles. The number of ether oxygens (including phenoxy) is 1. The van der Waals surface area contributed by atoms with Gasteiger partial charge in [0.2, 0.25) is 5.88 Å². The summed E-state index contributed by atoms with van der Waals surface area (Å²) in [5.41, 5.74) is 14.5. The molecular formula is C22H25FN6O2S. The first kappa shape index (κ1) is 20.9. The van der Waals surface area contributed by atoms with Gasteiger partial charge in [-0.1, -0.05) is 0 Å². The van der Waals surface area contributed by atoms with Gasteiger partial charge >= 0.3 is 0 Å². The van der Waals surface area contributed by atoms with Gasteiger partial charge in [-0.15, -0.1) is 11.3 Å². The number of aromatic nitrogens is 2. The number of thiophene rings is 1. The van der Waals surface area contributed by atoms with Gasteiger partial charge in [0.25, 0.3) is 5.91 Å². The number of amides is 1. The molecule has 3 atom stereocenters. The molecule has 0 bridgehead atoms. The summed E-state index contributed by atoms with van der Waals surface area (Å²) >= 11 is 1.29. The molecule has 0 spiro atoms. The van der Waals surface area contributed by atoms with Crippen molar-refractivity contribution >= 4 is 39.0 Å². The van der Waals surface area contributed by atoms with Crippen molar-refractivity contribution in [1.82, 2.24) is 15.3 Å². The second kappa shape index (κ2) is 8.18. The van der Waals surface area contributed by atoms with Crippen molar-refractivity contribution in [2.75, 3.05) is 37.0 Å². The molecule has 1 saturated heterocycles. The first-order valence-corrected chi connectivity index (χ1v) is 11.4. The third-order valence-corrected chi connectivity index (χ3v) is 7.21. The lowest BCUT2D eigenvalue weighted by Crippen LogP contribution is -2.43. The van der Waals surface area contributed by atoms with Gasteiger partial charge in [-0.05, 0) is 31.2 Å². The number of carbonyl (C=O) groups excluding carboxylic acids is 1. The average Bonchev–Trinajstić information content (AvgIpc) is 3.32. The molecule has 10 heteroatoms. The minimum atomic E-state index is -0.430. The van der Waals surface area contributed by atoms with Crippen LogP contribution in [0, 0.1) is 12.8 Å². The molecule has 2 aliphatic rings. The van der Waals surface area contributed by atoms with E-state index in [1.807, 2.05) is 36.1 Å². The van der Waals surface area contributed by atoms with E-state index in [2.05, 4.69) is 15.3 Å². The van der Waals surface area contributed by atoms with Crippen LogP contribution in [-0.2, 0) is 6.42 Å². The maximum Gasteiger partial charge on any atom is 0.263 e. The Morgan fingerprint density at radius 3 is 2.94 bits per heavy atom. The number of carbonyl (C=O) groups is 1. The van der Waals surface area contributed by atoms with Gasteiger partial charge < -0.3 is 26.4 Å². The number of hydrogen-bond donors (Lipinski definition) is 3. The van der Waals surface area contributed by atoms with Crippen molar-refractivity contribution in [2.24, 2.45) is 11.7 Å². The normalized spacial score (nSPS) is 22.6. The molecule has 0 radical (unpaired) electrons. The number of pyridine rings is 2. The number of nitrogen functional groups attached to an aromatic ring is 1. The molecule has 5 rings (SSSR count). The van der Waals surface area contributed by atoms with Crippen LogP contribution in [0.5, 0.6) is 5.88 Å². The summed E-state index contributed by atoms with van der Waals surface area (Å²) in [5, 5.41) is 3.82. The zero-order valence-electron chi connectivity index (χ0n) is 17.7. The standard InChI is InChI=1S/C22H25FN6O2S/c1-11-2-4-15-18(25)19(32-22(15)26-11)20(30)27-14-6-12-3-5-17(28-21(12)31-10-14)29-8-13(7-23)16(24)9-29/h2-5,13-14,16H,6-10,24-25H2,1H3,(H,27,30)/t13-,14+,16+/m0/s1. The molecule has 5 heterocycles. The highest BCUT2D eigenvalue weighted by Crippen LogP contribution is 2.33. The summed E-state index contributed by atoms with van der Waals surface area (Å²) in [7, 11) is 0. The topological polar surface area (TPSA) is 119 Å². The number of fused-ring (bicyclic) bond motifs is 2. The second-order valence-electron chi connectivity index (χ2n) is 8.45. The molecule has 0 unspecified atom stereocenters. The Kier molecular flexibility index (Phi) is 5.34. The maximum absolute atomic E-state index is 13.1. The Bertz CT molecular complexity index is 1180. The largest absolute Gasteiger partial charge is 0.475 e. The predicted octanol–water partition coefficient (Wildman–Crippen LogP) is 2.05. The summed E-state index contributed by atoms with van der Waals surface area (Å²) in [6, 6.07) is 7.24. The molecule has 8 nitrogen and oxygen atoms in total. The highest BCUT2D eigenvalue weighted by Gasteiger charge is 2.32. The third-order valence-electron chi connectivity index (χ3n) is 6.10. The van der Waals surface area contributed by atoms with Crippen molar-refractivity contribution in [2.45, 2.75) is 25.4 Å². The van der Waals surface area contributed by atoms with Crippen LogP contribution in [0.2, 0.25) is 0 Å². The van der Waals surface area contributed by atoms with E-state index >= 15 is 0 Å². The van der Waals surface area contributed by atoms with Crippen LogP contribution < -0.4 is 26.4 Å². The van der Waals surface area contributed by atoms with E-state index in [0.717, 1.165) is 27.3 Å². The zero-order chi connectivity index (χ0) is 22.4. The molecule has 168 valence electrons. The van der Waals surface area contributed by atoms with E-state index in [1.165, 1.54) is 11.3 Å². The molecule has 0 aliphatic carbocycles. The number of nitrogens with one attached hydrogen (secondary N) is 1. The van der Waals surface area contributed by atoms with E-state index in [9.17, 15) is 9.18 Å². The number of anilines is 2. The lowest BCUT2D eigenvalue weighted by molar-refractivity contribution is 0.0918. The van der Waals surface area contributed by atoms with E-state index in [0.29, 0.717) is 42.6 Å².